The van der Waals surface area contributed by atoms with Crippen molar-refractivity contribution in [2.75, 3.05) is 11.9 Å². The molecule has 0 aliphatic carbocycles. The van der Waals surface area contributed by atoms with Crippen LogP contribution in [-0.2, 0) is 10.0 Å². The Bertz CT molecular complexity index is 626. The molecule has 0 saturated heterocycles. The zero-order valence-corrected chi connectivity index (χ0v) is 12.9. The second kappa shape index (κ2) is 7.24. The van der Waals surface area contributed by atoms with E-state index < -0.39 is 16.0 Å². The number of carboxylic acids is 1. The third-order valence-electron chi connectivity index (χ3n) is 2.96. The van der Waals surface area contributed by atoms with Crippen molar-refractivity contribution in [3.8, 4) is 0 Å². The van der Waals surface area contributed by atoms with E-state index in [0.29, 0.717) is 5.69 Å². The Kier molecular flexibility index (Phi) is 5.92. The van der Waals surface area contributed by atoms with Gasteiger partial charge in [0.2, 0.25) is 10.0 Å². The fourth-order valence-electron chi connectivity index (χ4n) is 1.61. The summed E-state index contributed by atoms with van der Waals surface area (Å²) in [5.41, 5.74) is 0.330. The number of benzene rings is 1. The number of rotatable bonds is 8. The van der Waals surface area contributed by atoms with Crippen molar-refractivity contribution in [1.29, 1.82) is 0 Å². The van der Waals surface area contributed by atoms with Gasteiger partial charge in [0.05, 0.1) is 10.5 Å². The summed E-state index contributed by atoms with van der Waals surface area (Å²) in [5.74, 6) is -1.18. The van der Waals surface area contributed by atoms with E-state index in [0.717, 1.165) is 12.5 Å². The van der Waals surface area contributed by atoms with Crippen molar-refractivity contribution < 1.29 is 18.3 Å². The van der Waals surface area contributed by atoms with Gasteiger partial charge in [-0.15, -0.1) is 6.58 Å². The van der Waals surface area contributed by atoms with Crippen molar-refractivity contribution in [1.82, 2.24) is 4.72 Å². The topological polar surface area (TPSA) is 95.5 Å². The van der Waals surface area contributed by atoms with Crippen LogP contribution in [0.5, 0.6) is 0 Å². The van der Waals surface area contributed by atoms with Crippen molar-refractivity contribution in [3.63, 3.8) is 0 Å². The predicted octanol–water partition coefficient (Wildman–Crippen LogP) is 2.06. The molecule has 0 aromatic heterocycles. The molecule has 116 valence electrons. The molecule has 1 rings (SSSR count). The van der Waals surface area contributed by atoms with Crippen LogP contribution in [0.2, 0.25) is 0 Å². The quantitative estimate of drug-likeness (QED) is 0.639. The minimum Gasteiger partial charge on any atom is -0.478 e. The van der Waals surface area contributed by atoms with Crippen molar-refractivity contribution in [3.05, 3.63) is 36.4 Å². The third kappa shape index (κ3) is 4.57. The molecule has 6 nitrogen and oxygen atoms in total. The fraction of sp³-hybridized carbons (Fsp3) is 0.357. The molecule has 21 heavy (non-hydrogen) atoms. The van der Waals surface area contributed by atoms with Crippen LogP contribution in [0.4, 0.5) is 5.69 Å². The number of nitrogens with one attached hydrogen (secondary N) is 2. The van der Waals surface area contributed by atoms with Crippen molar-refractivity contribution >= 4 is 21.7 Å². The lowest BCUT2D eigenvalue weighted by Crippen LogP contribution is -2.24. The molecule has 1 aromatic carbocycles. The Hall–Kier alpha value is -1.86. The Balaban J connectivity index is 3.20. The average molecular weight is 312 g/mol. The van der Waals surface area contributed by atoms with Crippen LogP contribution in [0.3, 0.4) is 0 Å². The van der Waals surface area contributed by atoms with Crippen LogP contribution in [0, 0.1) is 0 Å². The molecule has 0 radical (unpaired) electrons. The van der Waals surface area contributed by atoms with Gasteiger partial charge in [0.25, 0.3) is 0 Å². The lowest BCUT2D eigenvalue weighted by atomic mass is 10.1. The standard InChI is InChI=1S/C14H20N2O4S/c1-4-8-15-21(19,20)11-6-7-13(16-10(3)5-2)12(9-11)14(17)18/h4,6-7,9-10,15-16H,1,5,8H2,2-3H3,(H,17,18)/t10-/m1/s1. The Morgan fingerprint density at radius 3 is 2.67 bits per heavy atom. The third-order valence-corrected chi connectivity index (χ3v) is 4.38. The number of hydrogen-bond acceptors (Lipinski definition) is 4. The number of sulfonamides is 1. The van der Waals surface area contributed by atoms with E-state index in [1.165, 1.54) is 18.2 Å². The number of carbonyl (C=O) groups is 1. The molecule has 0 heterocycles. The lowest BCUT2D eigenvalue weighted by Gasteiger charge is -2.16. The number of anilines is 1. The van der Waals surface area contributed by atoms with E-state index in [9.17, 15) is 18.3 Å². The first-order valence-electron chi connectivity index (χ1n) is 6.56. The Labute approximate surface area is 124 Å². The number of aromatic carboxylic acids is 1. The maximum absolute atomic E-state index is 12.0. The van der Waals surface area contributed by atoms with E-state index in [-0.39, 0.29) is 23.0 Å². The molecule has 0 aliphatic rings. The summed E-state index contributed by atoms with van der Waals surface area (Å²) in [5, 5.41) is 12.3. The molecule has 1 atom stereocenters. The van der Waals surface area contributed by atoms with E-state index in [4.69, 9.17) is 0 Å². The van der Waals surface area contributed by atoms with Gasteiger partial charge < -0.3 is 10.4 Å². The van der Waals surface area contributed by atoms with Gasteiger partial charge in [0.1, 0.15) is 0 Å². The smallest absolute Gasteiger partial charge is 0.337 e. The molecule has 0 aliphatic heterocycles. The maximum Gasteiger partial charge on any atom is 0.337 e. The first-order valence-corrected chi connectivity index (χ1v) is 8.04. The van der Waals surface area contributed by atoms with Crippen LogP contribution in [-0.4, -0.2) is 32.1 Å². The summed E-state index contributed by atoms with van der Waals surface area (Å²) >= 11 is 0. The van der Waals surface area contributed by atoms with Gasteiger partial charge in [0, 0.05) is 18.3 Å². The van der Waals surface area contributed by atoms with Gasteiger partial charge in [-0.2, -0.15) is 0 Å². The summed E-state index contributed by atoms with van der Waals surface area (Å²) < 4.78 is 26.3. The molecule has 0 amide bonds. The van der Waals surface area contributed by atoms with Crippen LogP contribution in [0.15, 0.2) is 35.7 Å². The molecule has 7 heteroatoms. The van der Waals surface area contributed by atoms with E-state index >= 15 is 0 Å². The summed E-state index contributed by atoms with van der Waals surface area (Å²) in [4.78, 5) is 11.2. The summed E-state index contributed by atoms with van der Waals surface area (Å²) in [6.45, 7) is 7.40. The zero-order valence-electron chi connectivity index (χ0n) is 12.1. The van der Waals surface area contributed by atoms with Crippen molar-refractivity contribution in [2.45, 2.75) is 31.2 Å². The van der Waals surface area contributed by atoms with Crippen LogP contribution in [0.25, 0.3) is 0 Å². The Morgan fingerprint density at radius 1 is 1.48 bits per heavy atom. The van der Waals surface area contributed by atoms with E-state index in [2.05, 4.69) is 16.6 Å². The van der Waals surface area contributed by atoms with Gasteiger partial charge in [-0.3, -0.25) is 0 Å². The van der Waals surface area contributed by atoms with Gasteiger partial charge in [-0.25, -0.2) is 17.9 Å². The summed E-state index contributed by atoms with van der Waals surface area (Å²) in [7, 11) is -3.74. The molecular formula is C14H20N2O4S. The summed E-state index contributed by atoms with van der Waals surface area (Å²) in [6.07, 6.45) is 2.23. The molecule has 3 N–H and O–H groups in total. The second-order valence-electron chi connectivity index (χ2n) is 4.61. The van der Waals surface area contributed by atoms with E-state index in [1.807, 2.05) is 13.8 Å². The van der Waals surface area contributed by atoms with Gasteiger partial charge >= 0.3 is 5.97 Å². The van der Waals surface area contributed by atoms with Crippen LogP contribution < -0.4 is 10.0 Å². The highest BCUT2D eigenvalue weighted by Crippen LogP contribution is 2.22. The van der Waals surface area contributed by atoms with E-state index in [1.54, 1.807) is 0 Å². The van der Waals surface area contributed by atoms with Crippen molar-refractivity contribution in [2.24, 2.45) is 0 Å². The molecule has 0 bridgehead atoms. The molecule has 0 saturated carbocycles. The summed E-state index contributed by atoms with van der Waals surface area (Å²) in [6, 6.07) is 4.09. The second-order valence-corrected chi connectivity index (χ2v) is 6.37. The normalized spacial score (nSPS) is 12.7. The van der Waals surface area contributed by atoms with Gasteiger partial charge in [-0.1, -0.05) is 13.0 Å². The highest BCUT2D eigenvalue weighted by molar-refractivity contribution is 7.89. The number of hydrogen-bond donors (Lipinski definition) is 3. The first kappa shape index (κ1) is 17.2. The first-order chi connectivity index (χ1) is 9.81. The Morgan fingerprint density at radius 2 is 2.14 bits per heavy atom. The minimum atomic E-state index is -3.74. The van der Waals surface area contributed by atoms with Gasteiger partial charge in [-0.05, 0) is 31.5 Å². The molecule has 0 spiro atoms. The number of carboxylic acid groups (broad SMARTS) is 1. The molecular weight excluding hydrogens is 292 g/mol. The monoisotopic (exact) mass is 312 g/mol. The molecule has 0 unspecified atom stereocenters. The molecule has 1 aromatic rings. The highest BCUT2D eigenvalue weighted by Gasteiger charge is 2.18. The van der Waals surface area contributed by atoms with Crippen LogP contribution in [0.1, 0.15) is 30.6 Å². The SMILES string of the molecule is C=CCNS(=O)(=O)c1ccc(N[C@H](C)CC)c(C(=O)O)c1. The largest absolute Gasteiger partial charge is 0.478 e. The zero-order chi connectivity index (χ0) is 16.0. The minimum absolute atomic E-state index is 0.0724. The highest BCUT2D eigenvalue weighted by atomic mass is 32.2. The average Bonchev–Trinajstić information content (AvgIpc) is 2.44. The lowest BCUT2D eigenvalue weighted by molar-refractivity contribution is 0.0697. The van der Waals surface area contributed by atoms with Crippen LogP contribution >= 0.6 is 0 Å². The predicted molar refractivity (Wildman–Crippen MR) is 82.2 cm³/mol. The fourth-order valence-corrected chi connectivity index (χ4v) is 2.64. The molecule has 0 fully saturated rings. The van der Waals surface area contributed by atoms with Gasteiger partial charge in [0.15, 0.2) is 0 Å². The maximum atomic E-state index is 12.0.